The first kappa shape index (κ1) is 15.3. The van der Waals surface area contributed by atoms with Crippen molar-refractivity contribution in [2.75, 3.05) is 6.54 Å². The average Bonchev–Trinajstić information content (AvgIpc) is 3.31. The molecule has 5 rings (SSSR count). The number of imidazole rings is 1. The van der Waals surface area contributed by atoms with Gasteiger partial charge in [-0.3, -0.25) is 14.6 Å². The molecule has 1 aromatic carbocycles. The minimum atomic E-state index is 0.109. The van der Waals surface area contributed by atoms with Crippen LogP contribution in [0, 0.1) is 0 Å². The number of aromatic amines is 1. The topological polar surface area (TPSA) is 62.6 Å². The van der Waals surface area contributed by atoms with Crippen molar-refractivity contribution < 1.29 is 0 Å². The third-order valence-electron chi connectivity index (χ3n) is 5.16. The van der Waals surface area contributed by atoms with Gasteiger partial charge in [-0.05, 0) is 11.6 Å². The second-order valence-corrected chi connectivity index (χ2v) is 6.83. The molecule has 4 heterocycles. The highest BCUT2D eigenvalue weighted by atomic mass is 15.3. The van der Waals surface area contributed by atoms with Crippen LogP contribution in [0.25, 0.3) is 10.9 Å². The summed E-state index contributed by atoms with van der Waals surface area (Å²) in [7, 11) is 1.96. The number of nitrogens with one attached hydrogen (secondary N) is 1. The molecule has 26 heavy (non-hydrogen) atoms. The number of para-hydroxylation sites is 1. The first-order valence-electron chi connectivity index (χ1n) is 8.87. The molecule has 0 amide bonds. The highest BCUT2D eigenvalue weighted by Gasteiger charge is 2.32. The van der Waals surface area contributed by atoms with E-state index in [0.717, 1.165) is 30.7 Å². The Balaban J connectivity index is 1.57. The molecule has 0 spiro atoms. The van der Waals surface area contributed by atoms with Crippen LogP contribution in [0.3, 0.4) is 0 Å². The van der Waals surface area contributed by atoms with Gasteiger partial charge < -0.3 is 4.98 Å². The summed E-state index contributed by atoms with van der Waals surface area (Å²) in [6.07, 6.45) is 8.68. The van der Waals surface area contributed by atoms with Gasteiger partial charge in [0.1, 0.15) is 0 Å². The summed E-state index contributed by atoms with van der Waals surface area (Å²) in [5, 5.41) is 5.56. The Morgan fingerprint density at radius 2 is 2.12 bits per heavy atom. The third-order valence-corrected chi connectivity index (χ3v) is 5.16. The molecule has 3 aromatic heterocycles. The third kappa shape index (κ3) is 2.50. The number of pyridine rings is 1. The maximum atomic E-state index is 4.63. The second kappa shape index (κ2) is 6.07. The molecule has 0 fully saturated rings. The number of hydrogen-bond acceptors (Lipinski definition) is 4. The molecular weight excluding hydrogens is 324 g/mol. The Morgan fingerprint density at radius 1 is 1.19 bits per heavy atom. The number of hydrogen-bond donors (Lipinski definition) is 1. The van der Waals surface area contributed by atoms with Gasteiger partial charge >= 0.3 is 0 Å². The van der Waals surface area contributed by atoms with E-state index in [1.807, 2.05) is 30.2 Å². The molecule has 0 aliphatic carbocycles. The van der Waals surface area contributed by atoms with Crippen LogP contribution in [0.1, 0.15) is 28.6 Å². The van der Waals surface area contributed by atoms with E-state index in [0.29, 0.717) is 0 Å². The molecule has 6 heteroatoms. The van der Waals surface area contributed by atoms with Gasteiger partial charge in [0.2, 0.25) is 0 Å². The van der Waals surface area contributed by atoms with E-state index in [-0.39, 0.29) is 6.04 Å². The van der Waals surface area contributed by atoms with Crippen molar-refractivity contribution in [2.45, 2.75) is 19.0 Å². The number of aromatic nitrogens is 5. The summed E-state index contributed by atoms with van der Waals surface area (Å²) in [6, 6.07) is 10.6. The van der Waals surface area contributed by atoms with E-state index >= 15 is 0 Å². The highest BCUT2D eigenvalue weighted by Crippen LogP contribution is 2.34. The zero-order valence-corrected chi connectivity index (χ0v) is 14.6. The number of aryl methyl sites for hydroxylation is 1. The largest absolute Gasteiger partial charge is 0.348 e. The quantitative estimate of drug-likeness (QED) is 0.621. The normalized spacial score (nSPS) is 17.5. The van der Waals surface area contributed by atoms with Crippen LogP contribution in [0.4, 0.5) is 0 Å². The van der Waals surface area contributed by atoms with Gasteiger partial charge in [0.25, 0.3) is 0 Å². The maximum Gasteiger partial charge on any atom is 0.0926 e. The minimum Gasteiger partial charge on any atom is -0.348 e. The lowest BCUT2D eigenvalue weighted by atomic mass is 9.97. The fourth-order valence-electron chi connectivity index (χ4n) is 3.96. The van der Waals surface area contributed by atoms with E-state index in [4.69, 9.17) is 0 Å². The molecule has 1 atom stereocenters. The number of benzene rings is 1. The predicted molar refractivity (Wildman–Crippen MR) is 99.5 cm³/mol. The van der Waals surface area contributed by atoms with Crippen molar-refractivity contribution in [3.05, 3.63) is 77.8 Å². The second-order valence-electron chi connectivity index (χ2n) is 6.83. The van der Waals surface area contributed by atoms with E-state index in [9.17, 15) is 0 Å². The molecule has 0 saturated heterocycles. The summed E-state index contributed by atoms with van der Waals surface area (Å²) in [4.78, 5) is 15.0. The summed E-state index contributed by atoms with van der Waals surface area (Å²) >= 11 is 0. The van der Waals surface area contributed by atoms with Crippen molar-refractivity contribution in [2.24, 2.45) is 7.05 Å². The minimum absolute atomic E-state index is 0.109. The van der Waals surface area contributed by atoms with Crippen molar-refractivity contribution in [3.8, 4) is 0 Å². The van der Waals surface area contributed by atoms with Crippen LogP contribution in [-0.2, 0) is 20.0 Å². The SMILES string of the molecule is Cn1cc(C2c3nc[nH]c3CCN2Cc2cccc3cccnc23)cn1. The van der Waals surface area contributed by atoms with Crippen molar-refractivity contribution in [1.29, 1.82) is 0 Å². The molecule has 0 radical (unpaired) electrons. The predicted octanol–water partition coefficient (Wildman–Crippen LogP) is 2.84. The summed E-state index contributed by atoms with van der Waals surface area (Å²) in [5.74, 6) is 0. The lowest BCUT2D eigenvalue weighted by Gasteiger charge is -2.34. The van der Waals surface area contributed by atoms with Gasteiger partial charge in [-0.25, -0.2) is 4.98 Å². The van der Waals surface area contributed by atoms with E-state index in [2.05, 4.69) is 55.4 Å². The first-order chi connectivity index (χ1) is 12.8. The Hall–Kier alpha value is -2.99. The Bertz CT molecular complexity index is 1060. The fourth-order valence-corrected chi connectivity index (χ4v) is 3.96. The van der Waals surface area contributed by atoms with Gasteiger partial charge in [0, 0.05) is 55.6 Å². The van der Waals surface area contributed by atoms with Crippen LogP contribution in [0.5, 0.6) is 0 Å². The number of rotatable bonds is 3. The zero-order chi connectivity index (χ0) is 17.5. The average molecular weight is 344 g/mol. The Kier molecular flexibility index (Phi) is 3.57. The zero-order valence-electron chi connectivity index (χ0n) is 14.6. The van der Waals surface area contributed by atoms with E-state index in [1.165, 1.54) is 22.2 Å². The molecule has 1 aliphatic heterocycles. The maximum absolute atomic E-state index is 4.63. The molecule has 1 aliphatic rings. The molecule has 0 saturated carbocycles. The fraction of sp³-hybridized carbons (Fsp3) is 0.250. The van der Waals surface area contributed by atoms with E-state index < -0.39 is 0 Å². The van der Waals surface area contributed by atoms with Crippen LogP contribution in [-0.4, -0.2) is 36.2 Å². The summed E-state index contributed by atoms with van der Waals surface area (Å²) < 4.78 is 1.86. The standard InChI is InChI=1S/C20H20N6/c1-25-11-16(10-24-25)20-19-17(22-13-23-19)7-9-26(20)12-15-5-2-4-14-6-3-8-21-18(14)15/h2-6,8,10-11,13,20H,7,9,12H2,1H3,(H,22,23). The van der Waals surface area contributed by atoms with Gasteiger partial charge in [-0.15, -0.1) is 0 Å². The molecular formula is C20H20N6. The van der Waals surface area contributed by atoms with Gasteiger partial charge in [-0.1, -0.05) is 24.3 Å². The van der Waals surface area contributed by atoms with Crippen LogP contribution in [0.15, 0.2) is 55.2 Å². The molecule has 1 N–H and O–H groups in total. The lowest BCUT2D eigenvalue weighted by molar-refractivity contribution is 0.201. The summed E-state index contributed by atoms with van der Waals surface area (Å²) in [5.41, 5.74) is 5.83. The smallest absolute Gasteiger partial charge is 0.0926 e. The van der Waals surface area contributed by atoms with Crippen molar-refractivity contribution in [3.63, 3.8) is 0 Å². The Morgan fingerprint density at radius 3 is 3.00 bits per heavy atom. The van der Waals surface area contributed by atoms with Crippen molar-refractivity contribution >= 4 is 10.9 Å². The van der Waals surface area contributed by atoms with Crippen LogP contribution >= 0.6 is 0 Å². The molecule has 130 valence electrons. The number of H-pyrrole nitrogens is 1. The van der Waals surface area contributed by atoms with Gasteiger partial charge in [0.05, 0.1) is 29.8 Å². The molecule has 0 bridgehead atoms. The Labute approximate surface area is 151 Å². The van der Waals surface area contributed by atoms with Gasteiger partial charge in [-0.2, -0.15) is 5.10 Å². The number of nitrogens with zero attached hydrogens (tertiary/aromatic N) is 5. The molecule has 6 nitrogen and oxygen atoms in total. The van der Waals surface area contributed by atoms with Gasteiger partial charge in [0.15, 0.2) is 0 Å². The molecule has 1 unspecified atom stereocenters. The monoisotopic (exact) mass is 344 g/mol. The highest BCUT2D eigenvalue weighted by molar-refractivity contribution is 5.81. The van der Waals surface area contributed by atoms with Crippen LogP contribution in [0.2, 0.25) is 0 Å². The summed E-state index contributed by atoms with van der Waals surface area (Å²) in [6.45, 7) is 1.80. The van der Waals surface area contributed by atoms with E-state index in [1.54, 1.807) is 6.33 Å². The van der Waals surface area contributed by atoms with Crippen LogP contribution < -0.4 is 0 Å². The van der Waals surface area contributed by atoms with Crippen molar-refractivity contribution in [1.82, 2.24) is 29.6 Å². The first-order valence-corrected chi connectivity index (χ1v) is 8.87. The number of fused-ring (bicyclic) bond motifs is 2. The lowest BCUT2D eigenvalue weighted by Crippen LogP contribution is -2.35. The molecule has 4 aromatic rings.